The maximum absolute atomic E-state index is 11.7. The Morgan fingerprint density at radius 2 is 2.31 bits per heavy atom. The Balaban J connectivity index is 1.89. The number of hydrogen-bond acceptors (Lipinski definition) is 4. The monoisotopic (exact) mass is 220 g/mol. The predicted molar refractivity (Wildman–Crippen MR) is 60.7 cm³/mol. The average Bonchev–Trinajstić information content (AvgIpc) is 2.83. The highest BCUT2D eigenvalue weighted by Gasteiger charge is 2.45. The van der Waals surface area contributed by atoms with Crippen LogP contribution in [0.3, 0.4) is 0 Å². The van der Waals surface area contributed by atoms with Gasteiger partial charge in [-0.15, -0.1) is 0 Å². The zero-order valence-corrected chi connectivity index (χ0v) is 9.53. The molecule has 0 spiro atoms. The molecule has 0 bridgehead atoms. The highest BCUT2D eigenvalue weighted by atomic mass is 16.1. The molecule has 0 aromatic carbocycles. The summed E-state index contributed by atoms with van der Waals surface area (Å²) in [6.45, 7) is 5.09. The molecule has 2 rings (SSSR count). The van der Waals surface area contributed by atoms with Gasteiger partial charge >= 0.3 is 0 Å². The molecule has 86 valence electrons. The molecule has 1 aromatic heterocycles. The second kappa shape index (κ2) is 3.73. The van der Waals surface area contributed by atoms with Crippen LogP contribution in [0.25, 0.3) is 0 Å². The fourth-order valence-corrected chi connectivity index (χ4v) is 1.72. The largest absolute Gasteiger partial charge is 0.382 e. The van der Waals surface area contributed by atoms with E-state index in [1.165, 1.54) is 12.4 Å². The first-order valence-electron chi connectivity index (χ1n) is 5.35. The summed E-state index contributed by atoms with van der Waals surface area (Å²) in [5, 5.41) is 2.85. The summed E-state index contributed by atoms with van der Waals surface area (Å²) in [6.07, 6.45) is 4.00. The van der Waals surface area contributed by atoms with Crippen LogP contribution < -0.4 is 11.1 Å². The van der Waals surface area contributed by atoms with Crippen LogP contribution >= 0.6 is 0 Å². The predicted octanol–water partition coefficient (Wildman–Crippen LogP) is 0.835. The molecule has 1 fully saturated rings. The van der Waals surface area contributed by atoms with Crippen molar-refractivity contribution in [1.82, 2.24) is 15.3 Å². The molecule has 1 aliphatic rings. The van der Waals surface area contributed by atoms with Gasteiger partial charge in [0.25, 0.3) is 5.91 Å². The third kappa shape index (κ3) is 2.29. The van der Waals surface area contributed by atoms with Gasteiger partial charge in [-0.1, -0.05) is 13.8 Å². The van der Waals surface area contributed by atoms with Crippen molar-refractivity contribution in [3.8, 4) is 0 Å². The first-order valence-corrected chi connectivity index (χ1v) is 5.35. The van der Waals surface area contributed by atoms with E-state index in [9.17, 15) is 4.79 Å². The van der Waals surface area contributed by atoms with Crippen molar-refractivity contribution < 1.29 is 4.79 Å². The second-order valence-corrected chi connectivity index (χ2v) is 4.93. The van der Waals surface area contributed by atoms with E-state index < -0.39 is 0 Å². The molecule has 5 nitrogen and oxygen atoms in total. The molecule has 0 radical (unpaired) electrons. The molecule has 0 saturated heterocycles. The van der Waals surface area contributed by atoms with Crippen LogP contribution in [0.1, 0.15) is 30.8 Å². The van der Waals surface area contributed by atoms with E-state index in [0.29, 0.717) is 17.9 Å². The van der Waals surface area contributed by atoms with E-state index >= 15 is 0 Å². The molecule has 1 aromatic rings. The Labute approximate surface area is 94.5 Å². The Morgan fingerprint density at radius 3 is 2.88 bits per heavy atom. The van der Waals surface area contributed by atoms with Gasteiger partial charge in [0.2, 0.25) is 0 Å². The minimum Gasteiger partial charge on any atom is -0.382 e. The van der Waals surface area contributed by atoms with Crippen LogP contribution in [0, 0.1) is 11.3 Å². The summed E-state index contributed by atoms with van der Waals surface area (Å²) in [4.78, 5) is 19.4. The fraction of sp³-hybridized carbons (Fsp3) is 0.545. The van der Waals surface area contributed by atoms with Crippen LogP contribution in [-0.2, 0) is 0 Å². The Morgan fingerprint density at radius 1 is 1.62 bits per heavy atom. The molecule has 1 unspecified atom stereocenters. The fourth-order valence-electron chi connectivity index (χ4n) is 1.72. The van der Waals surface area contributed by atoms with E-state index in [4.69, 9.17) is 5.73 Å². The van der Waals surface area contributed by atoms with E-state index in [-0.39, 0.29) is 17.4 Å². The minimum atomic E-state index is -0.206. The van der Waals surface area contributed by atoms with Crippen molar-refractivity contribution >= 4 is 11.7 Å². The van der Waals surface area contributed by atoms with Gasteiger partial charge in [0.05, 0.1) is 12.4 Å². The number of nitrogens with one attached hydrogen (secondary N) is 1. The van der Waals surface area contributed by atoms with Crippen molar-refractivity contribution in [2.75, 3.05) is 12.3 Å². The SMILES string of the molecule is CC1(C)CC1CNC(=O)c1cncc(N)n1. The molecule has 3 N–H and O–H groups in total. The summed E-state index contributed by atoms with van der Waals surface area (Å²) >= 11 is 0. The summed E-state index contributed by atoms with van der Waals surface area (Å²) in [6, 6.07) is 0. The van der Waals surface area contributed by atoms with E-state index in [1.807, 2.05) is 0 Å². The molecular formula is C11H16N4O. The second-order valence-electron chi connectivity index (χ2n) is 4.93. The molecular weight excluding hydrogens is 204 g/mol. The Bertz CT molecular complexity index is 416. The third-order valence-electron chi connectivity index (χ3n) is 3.11. The van der Waals surface area contributed by atoms with Gasteiger partial charge in [-0.2, -0.15) is 0 Å². The lowest BCUT2D eigenvalue weighted by atomic mass is 10.1. The molecule has 1 atom stereocenters. The lowest BCUT2D eigenvalue weighted by Gasteiger charge is -2.05. The van der Waals surface area contributed by atoms with Crippen molar-refractivity contribution in [3.05, 3.63) is 18.1 Å². The molecule has 5 heteroatoms. The molecule has 16 heavy (non-hydrogen) atoms. The number of amides is 1. The third-order valence-corrected chi connectivity index (χ3v) is 3.11. The minimum absolute atomic E-state index is 0.206. The lowest BCUT2D eigenvalue weighted by Crippen LogP contribution is -2.27. The quantitative estimate of drug-likeness (QED) is 0.790. The maximum atomic E-state index is 11.7. The summed E-state index contributed by atoms with van der Waals surface area (Å²) in [5.41, 5.74) is 6.10. The van der Waals surface area contributed by atoms with Gasteiger partial charge in [0.15, 0.2) is 0 Å². The number of aromatic nitrogens is 2. The number of nitrogens with two attached hydrogens (primary N) is 1. The van der Waals surface area contributed by atoms with Crippen LogP contribution in [0.5, 0.6) is 0 Å². The normalized spacial score (nSPS) is 21.5. The van der Waals surface area contributed by atoms with Crippen LogP contribution in [0.2, 0.25) is 0 Å². The summed E-state index contributed by atoms with van der Waals surface area (Å²) in [7, 11) is 0. The van der Waals surface area contributed by atoms with Crippen LogP contribution in [0.4, 0.5) is 5.82 Å². The number of hydrogen-bond donors (Lipinski definition) is 2. The molecule has 1 heterocycles. The zero-order chi connectivity index (χ0) is 11.8. The van der Waals surface area contributed by atoms with Crippen LogP contribution in [-0.4, -0.2) is 22.4 Å². The number of nitrogens with zero attached hydrogens (tertiary/aromatic N) is 2. The van der Waals surface area contributed by atoms with Crippen molar-refractivity contribution in [2.45, 2.75) is 20.3 Å². The van der Waals surface area contributed by atoms with Crippen molar-refractivity contribution in [3.63, 3.8) is 0 Å². The van der Waals surface area contributed by atoms with Gasteiger partial charge in [0, 0.05) is 6.54 Å². The number of anilines is 1. The number of nitrogen functional groups attached to an aromatic ring is 1. The lowest BCUT2D eigenvalue weighted by molar-refractivity contribution is 0.0945. The van der Waals surface area contributed by atoms with Crippen molar-refractivity contribution in [2.24, 2.45) is 11.3 Å². The first-order chi connectivity index (χ1) is 7.49. The standard InChI is InChI=1S/C11H16N4O/c1-11(2)3-7(11)4-14-10(16)8-5-13-6-9(12)15-8/h5-7H,3-4H2,1-2H3,(H2,12,15)(H,14,16). The summed E-state index contributed by atoms with van der Waals surface area (Å²) < 4.78 is 0. The maximum Gasteiger partial charge on any atom is 0.271 e. The Hall–Kier alpha value is -1.65. The molecule has 0 aliphatic heterocycles. The smallest absolute Gasteiger partial charge is 0.271 e. The molecule has 1 saturated carbocycles. The number of rotatable bonds is 3. The highest BCUT2D eigenvalue weighted by molar-refractivity contribution is 5.92. The topological polar surface area (TPSA) is 80.9 Å². The number of carbonyl (C=O) groups is 1. The Kier molecular flexibility index (Phi) is 2.53. The van der Waals surface area contributed by atoms with E-state index in [2.05, 4.69) is 29.1 Å². The van der Waals surface area contributed by atoms with Crippen molar-refractivity contribution in [1.29, 1.82) is 0 Å². The van der Waals surface area contributed by atoms with Gasteiger partial charge in [-0.25, -0.2) is 4.98 Å². The zero-order valence-electron chi connectivity index (χ0n) is 9.53. The van der Waals surface area contributed by atoms with Gasteiger partial charge in [-0.05, 0) is 17.8 Å². The highest BCUT2D eigenvalue weighted by Crippen LogP contribution is 2.50. The van der Waals surface area contributed by atoms with Crippen LogP contribution in [0.15, 0.2) is 12.4 Å². The first kappa shape index (κ1) is 10.9. The van der Waals surface area contributed by atoms with Gasteiger partial charge in [-0.3, -0.25) is 9.78 Å². The molecule has 1 amide bonds. The number of carbonyl (C=O) groups excluding carboxylic acids is 1. The van der Waals surface area contributed by atoms with Gasteiger partial charge in [0.1, 0.15) is 11.5 Å². The van der Waals surface area contributed by atoms with Gasteiger partial charge < -0.3 is 11.1 Å². The van der Waals surface area contributed by atoms with E-state index in [0.717, 1.165) is 6.42 Å². The van der Waals surface area contributed by atoms with E-state index in [1.54, 1.807) is 0 Å². The summed E-state index contributed by atoms with van der Waals surface area (Å²) in [5.74, 6) is 0.632. The molecule has 1 aliphatic carbocycles. The average molecular weight is 220 g/mol.